The number of amides is 1. The van der Waals surface area contributed by atoms with E-state index in [1.165, 1.54) is 0 Å². The second kappa shape index (κ2) is 6.22. The smallest absolute Gasteiger partial charge is 0.234 e. The molecule has 1 rings (SSSR count). The highest BCUT2D eigenvalue weighted by Gasteiger charge is 2.09. The number of carbonyl (C=O) groups is 1. The number of nitrogens with one attached hydrogen (secondary N) is 2. The van der Waals surface area contributed by atoms with Crippen molar-refractivity contribution in [3.63, 3.8) is 0 Å². The minimum Gasteiger partial charge on any atom is -0.353 e. The van der Waals surface area contributed by atoms with Gasteiger partial charge in [0.05, 0.1) is 6.54 Å². The van der Waals surface area contributed by atoms with Crippen LogP contribution in [-0.2, 0) is 18.4 Å². The lowest BCUT2D eigenvalue weighted by Gasteiger charge is -2.09. The highest BCUT2D eigenvalue weighted by atomic mass is 16.1. The highest BCUT2D eigenvalue weighted by Crippen LogP contribution is 2.12. The minimum atomic E-state index is -0.0147. The van der Waals surface area contributed by atoms with Crippen LogP contribution >= 0.6 is 0 Å². The number of rotatable bonds is 5. The first-order valence-corrected chi connectivity index (χ1v) is 6.01. The summed E-state index contributed by atoms with van der Waals surface area (Å²) in [5, 5.41) is 14.8. The van der Waals surface area contributed by atoms with Gasteiger partial charge < -0.3 is 15.2 Å². The molecule has 2 N–H and O–H groups in total. The van der Waals surface area contributed by atoms with Crippen LogP contribution in [-0.4, -0.2) is 23.1 Å². The van der Waals surface area contributed by atoms with E-state index in [0.717, 1.165) is 11.3 Å². The Morgan fingerprint density at radius 2 is 2.22 bits per heavy atom. The average molecular weight is 248 g/mol. The Balaban J connectivity index is 2.50. The van der Waals surface area contributed by atoms with E-state index in [9.17, 15) is 4.79 Å². The lowest BCUT2D eigenvalue weighted by Crippen LogP contribution is -2.37. The Morgan fingerprint density at radius 1 is 1.56 bits per heavy atom. The lowest BCUT2D eigenvalue weighted by molar-refractivity contribution is -0.120. The molecule has 0 saturated carbocycles. The maximum Gasteiger partial charge on any atom is 0.234 e. The molecule has 0 saturated heterocycles. The van der Waals surface area contributed by atoms with Gasteiger partial charge >= 0.3 is 0 Å². The molecule has 0 fully saturated rings. The number of hydrogen-bond acceptors (Lipinski definition) is 3. The van der Waals surface area contributed by atoms with Crippen molar-refractivity contribution in [2.45, 2.75) is 33.4 Å². The first-order valence-electron chi connectivity index (χ1n) is 6.01. The number of nitrogens with zero attached hydrogens (tertiary/aromatic N) is 2. The monoisotopic (exact) mass is 248 g/mol. The average Bonchev–Trinajstić information content (AvgIpc) is 2.56. The van der Waals surface area contributed by atoms with Crippen molar-refractivity contribution in [2.24, 2.45) is 7.05 Å². The van der Waals surface area contributed by atoms with Gasteiger partial charge in [-0.05, 0) is 32.4 Å². The summed E-state index contributed by atoms with van der Waals surface area (Å²) < 4.78 is 1.85. The van der Waals surface area contributed by atoms with Crippen LogP contribution in [0.1, 0.15) is 30.8 Å². The minimum absolute atomic E-state index is 0.0147. The van der Waals surface area contributed by atoms with E-state index in [-0.39, 0.29) is 18.5 Å². The summed E-state index contributed by atoms with van der Waals surface area (Å²) in [7, 11) is 1.86. The van der Waals surface area contributed by atoms with E-state index in [0.29, 0.717) is 12.2 Å². The summed E-state index contributed by atoms with van der Waals surface area (Å²) in [6.45, 7) is 6.70. The second-order valence-corrected chi connectivity index (χ2v) is 4.64. The van der Waals surface area contributed by atoms with Gasteiger partial charge in [-0.3, -0.25) is 4.79 Å². The normalized spacial score (nSPS) is 10.4. The van der Waals surface area contributed by atoms with Gasteiger partial charge in [0, 0.05) is 25.3 Å². The van der Waals surface area contributed by atoms with Gasteiger partial charge in [-0.2, -0.15) is 5.26 Å². The molecule has 1 amide bonds. The van der Waals surface area contributed by atoms with Crippen LogP contribution in [0.25, 0.3) is 0 Å². The number of hydrogen-bond donors (Lipinski definition) is 2. The van der Waals surface area contributed by atoms with Crippen molar-refractivity contribution in [1.82, 2.24) is 15.2 Å². The molecule has 5 heteroatoms. The van der Waals surface area contributed by atoms with Crippen molar-refractivity contribution < 1.29 is 4.79 Å². The SMILES string of the molecule is Cc1c(CNCC(=O)NC(C)C)cc(C#N)n1C. The Labute approximate surface area is 108 Å². The van der Waals surface area contributed by atoms with Gasteiger partial charge in [0.1, 0.15) is 11.8 Å². The van der Waals surface area contributed by atoms with E-state index in [1.54, 1.807) is 0 Å². The fourth-order valence-corrected chi connectivity index (χ4v) is 1.73. The van der Waals surface area contributed by atoms with Gasteiger partial charge in [0.25, 0.3) is 0 Å². The van der Waals surface area contributed by atoms with E-state index < -0.39 is 0 Å². The molecule has 0 aromatic carbocycles. The van der Waals surface area contributed by atoms with Crippen LogP contribution in [0.3, 0.4) is 0 Å². The van der Waals surface area contributed by atoms with Crippen molar-refractivity contribution in [2.75, 3.05) is 6.54 Å². The van der Waals surface area contributed by atoms with Crippen LogP contribution in [0, 0.1) is 18.3 Å². The van der Waals surface area contributed by atoms with Gasteiger partial charge in [0.15, 0.2) is 0 Å². The van der Waals surface area contributed by atoms with Crippen molar-refractivity contribution in [3.05, 3.63) is 23.0 Å². The molecular formula is C13H20N4O. The molecule has 0 atom stereocenters. The number of carbonyl (C=O) groups excluding carboxylic acids is 1. The summed E-state index contributed by atoms with van der Waals surface area (Å²) in [6.07, 6.45) is 0. The predicted molar refractivity (Wildman–Crippen MR) is 69.9 cm³/mol. The molecule has 18 heavy (non-hydrogen) atoms. The molecule has 5 nitrogen and oxygen atoms in total. The Hall–Kier alpha value is -1.80. The summed E-state index contributed by atoms with van der Waals surface area (Å²) in [5.74, 6) is -0.0147. The molecule has 0 aliphatic carbocycles. The zero-order valence-corrected chi connectivity index (χ0v) is 11.4. The zero-order chi connectivity index (χ0) is 13.7. The Morgan fingerprint density at radius 3 is 2.72 bits per heavy atom. The Kier molecular flexibility index (Phi) is 4.93. The summed E-state index contributed by atoms with van der Waals surface area (Å²) >= 11 is 0. The van der Waals surface area contributed by atoms with Gasteiger partial charge in [-0.15, -0.1) is 0 Å². The molecule has 0 radical (unpaired) electrons. The summed E-state index contributed by atoms with van der Waals surface area (Å²) in [5.41, 5.74) is 2.73. The quantitative estimate of drug-likeness (QED) is 0.810. The van der Waals surface area contributed by atoms with E-state index in [4.69, 9.17) is 5.26 Å². The highest BCUT2D eigenvalue weighted by molar-refractivity contribution is 5.78. The zero-order valence-electron chi connectivity index (χ0n) is 11.4. The van der Waals surface area contributed by atoms with Gasteiger partial charge in [-0.25, -0.2) is 0 Å². The van der Waals surface area contributed by atoms with E-state index in [2.05, 4.69) is 16.7 Å². The third kappa shape index (κ3) is 3.60. The molecule has 0 aliphatic heterocycles. The summed E-state index contributed by atoms with van der Waals surface area (Å²) in [6, 6.07) is 4.14. The molecule has 1 aromatic heterocycles. The standard InChI is InChI=1S/C13H20N4O/c1-9(2)16-13(18)8-15-7-11-5-12(6-14)17(4)10(11)3/h5,9,15H,7-8H2,1-4H3,(H,16,18). The van der Waals surface area contributed by atoms with Crippen molar-refractivity contribution in [1.29, 1.82) is 5.26 Å². The van der Waals surface area contributed by atoms with Gasteiger partial charge in [0.2, 0.25) is 5.91 Å². The Bertz CT molecular complexity index is 468. The number of aromatic nitrogens is 1. The topological polar surface area (TPSA) is 69.8 Å². The second-order valence-electron chi connectivity index (χ2n) is 4.64. The van der Waals surface area contributed by atoms with Crippen LogP contribution in [0.5, 0.6) is 0 Å². The van der Waals surface area contributed by atoms with Crippen LogP contribution in [0.4, 0.5) is 0 Å². The van der Waals surface area contributed by atoms with Crippen LogP contribution in [0.15, 0.2) is 6.07 Å². The predicted octanol–water partition coefficient (Wildman–Crippen LogP) is 0.819. The van der Waals surface area contributed by atoms with Gasteiger partial charge in [-0.1, -0.05) is 0 Å². The molecular weight excluding hydrogens is 228 g/mol. The fraction of sp³-hybridized carbons (Fsp3) is 0.538. The third-order valence-corrected chi connectivity index (χ3v) is 2.81. The number of nitriles is 1. The lowest BCUT2D eigenvalue weighted by atomic mass is 10.2. The molecule has 1 heterocycles. The first kappa shape index (κ1) is 14.3. The maximum absolute atomic E-state index is 11.4. The largest absolute Gasteiger partial charge is 0.353 e. The first-order chi connectivity index (χ1) is 8.45. The van der Waals surface area contributed by atoms with Crippen LogP contribution < -0.4 is 10.6 Å². The summed E-state index contributed by atoms with van der Waals surface area (Å²) in [4.78, 5) is 11.4. The van der Waals surface area contributed by atoms with E-state index >= 15 is 0 Å². The maximum atomic E-state index is 11.4. The van der Waals surface area contributed by atoms with Crippen molar-refractivity contribution >= 4 is 5.91 Å². The van der Waals surface area contributed by atoms with Crippen molar-refractivity contribution in [3.8, 4) is 6.07 Å². The van der Waals surface area contributed by atoms with Crippen LogP contribution in [0.2, 0.25) is 0 Å². The molecule has 0 unspecified atom stereocenters. The molecule has 0 aliphatic rings. The molecule has 98 valence electrons. The fourth-order valence-electron chi connectivity index (χ4n) is 1.73. The van der Waals surface area contributed by atoms with E-state index in [1.807, 2.05) is 38.5 Å². The third-order valence-electron chi connectivity index (χ3n) is 2.81. The molecule has 1 aromatic rings. The molecule has 0 bridgehead atoms. The molecule has 0 spiro atoms.